The Morgan fingerprint density at radius 1 is 0.479 bits per heavy atom. The molecular weight excluding hydrogens is 739 g/mol. The van der Waals surface area contributed by atoms with Crippen molar-refractivity contribution in [1.82, 2.24) is 0 Å². The largest absolute Gasteiger partial charge is 0.458 e. The maximum Gasteiger partial charge on any atom is 0.348 e. The predicted octanol–water partition coefficient (Wildman–Crippen LogP) is 7.60. The van der Waals surface area contributed by atoms with Crippen LogP contribution in [0.1, 0.15) is 20.8 Å². The van der Waals surface area contributed by atoms with Crippen molar-refractivity contribution in [3.8, 4) is 34.1 Å². The van der Waals surface area contributed by atoms with Crippen LogP contribution >= 0.6 is 22.6 Å². The number of ether oxygens (including phenoxy) is 8. The molecule has 12 nitrogen and oxygen atoms in total. The average molecular weight is 771 g/mol. The number of carbonyl (C=O) groups excluding carboxylic acids is 4. The summed E-state index contributed by atoms with van der Waals surface area (Å²) >= 11 is 1.72. The zero-order valence-electron chi connectivity index (χ0n) is 26.2. The van der Waals surface area contributed by atoms with Gasteiger partial charge in [-0.25, -0.2) is 19.2 Å². The quantitative estimate of drug-likeness (QED) is 0.0514. The van der Waals surface area contributed by atoms with Gasteiger partial charge in [0.2, 0.25) is 0 Å². The van der Waals surface area contributed by atoms with E-state index in [1.165, 1.54) is 20.8 Å². The molecule has 0 unspecified atom stereocenters. The van der Waals surface area contributed by atoms with Crippen molar-refractivity contribution in [2.45, 2.75) is 20.8 Å². The van der Waals surface area contributed by atoms with Crippen LogP contribution in [0.25, 0.3) is 11.1 Å². The second kappa shape index (κ2) is 19.6. The minimum atomic E-state index is -0.651. The Morgan fingerprint density at radius 2 is 0.771 bits per heavy atom. The SMILES string of the molecule is C=C(C)C(=O)O/C=C/Oc1ccc(-c2ccc(O/C=C/OC(=O)C(=C)I)c(O/C=C/OC(=O)C(=C)C)c2)cc1O/C=C/OC(=O)C(=C)C. The molecule has 2 aromatic carbocycles. The first-order valence-electron chi connectivity index (χ1n) is 13.5. The monoisotopic (exact) mass is 770 g/mol. The molecule has 250 valence electrons. The van der Waals surface area contributed by atoms with Crippen LogP contribution in [0.15, 0.2) is 133 Å². The lowest BCUT2D eigenvalue weighted by atomic mass is 10.0. The van der Waals surface area contributed by atoms with Gasteiger partial charge in [0.1, 0.15) is 50.1 Å². The van der Waals surface area contributed by atoms with Crippen molar-refractivity contribution >= 4 is 46.5 Å². The highest BCUT2D eigenvalue weighted by molar-refractivity contribution is 14.1. The standard InChI is InChI=1S/C35H31IO12/c1-22(2)32(37)45-16-12-41-28-10-8-26(20-30(28)43-14-17-46-33(38)23(3)4)27-9-11-29(42-13-19-48-35(40)25(7)36)31(21-27)44-15-18-47-34(39)24(5)6/h8-21H,1,3,5,7H2,2,4,6H3/b16-12+,17-14+,18-15+,19-13+. The molecular formula is C35H31IO12. The minimum Gasteiger partial charge on any atom is -0.458 e. The number of hydrogen-bond acceptors (Lipinski definition) is 12. The number of benzene rings is 2. The van der Waals surface area contributed by atoms with Crippen LogP contribution in [-0.4, -0.2) is 23.9 Å². The first kappa shape index (κ1) is 38.4. The van der Waals surface area contributed by atoms with Gasteiger partial charge in [-0.15, -0.1) is 0 Å². The molecule has 0 saturated carbocycles. The van der Waals surface area contributed by atoms with Gasteiger partial charge in [0.15, 0.2) is 23.0 Å². The molecule has 13 heteroatoms. The lowest BCUT2D eigenvalue weighted by Gasteiger charge is -2.13. The Labute approximate surface area is 290 Å². The number of carbonyl (C=O) groups is 4. The van der Waals surface area contributed by atoms with Crippen molar-refractivity contribution in [3.63, 3.8) is 0 Å². The molecule has 0 radical (unpaired) electrons. The molecule has 0 bridgehead atoms. The van der Waals surface area contributed by atoms with E-state index in [0.29, 0.717) is 11.1 Å². The first-order chi connectivity index (χ1) is 22.8. The lowest BCUT2D eigenvalue weighted by molar-refractivity contribution is -0.134. The highest BCUT2D eigenvalue weighted by Gasteiger charge is 2.12. The molecule has 2 aromatic rings. The van der Waals surface area contributed by atoms with Crippen LogP contribution in [0.3, 0.4) is 0 Å². The summed E-state index contributed by atoms with van der Waals surface area (Å²) in [6.45, 7) is 18.5. The molecule has 0 N–H and O–H groups in total. The van der Waals surface area contributed by atoms with E-state index in [9.17, 15) is 19.2 Å². The van der Waals surface area contributed by atoms with Crippen LogP contribution in [0.4, 0.5) is 0 Å². The van der Waals surface area contributed by atoms with E-state index in [0.717, 1.165) is 50.1 Å². The van der Waals surface area contributed by atoms with Crippen LogP contribution < -0.4 is 18.9 Å². The molecule has 0 atom stereocenters. The summed E-state index contributed by atoms with van der Waals surface area (Å²) < 4.78 is 42.3. The molecule has 0 saturated heterocycles. The Balaban J connectivity index is 2.43. The first-order valence-corrected chi connectivity index (χ1v) is 14.6. The number of hydrogen-bond donors (Lipinski definition) is 0. The van der Waals surface area contributed by atoms with Crippen LogP contribution in [0.2, 0.25) is 0 Å². The van der Waals surface area contributed by atoms with Crippen molar-refractivity contribution < 1.29 is 57.1 Å². The summed E-state index contributed by atoms with van der Waals surface area (Å²) in [7, 11) is 0. The highest BCUT2D eigenvalue weighted by atomic mass is 127. The fourth-order valence-corrected chi connectivity index (χ4v) is 3.01. The zero-order valence-corrected chi connectivity index (χ0v) is 28.3. The summed E-state index contributed by atoms with van der Waals surface area (Å²) in [4.78, 5) is 46.7. The fourth-order valence-electron chi connectivity index (χ4n) is 2.88. The third-order valence-corrected chi connectivity index (χ3v) is 5.63. The van der Waals surface area contributed by atoms with E-state index in [1.54, 1.807) is 59.0 Å². The Bertz CT molecular complexity index is 1590. The van der Waals surface area contributed by atoms with Crippen molar-refractivity contribution in [2.24, 2.45) is 0 Å². The van der Waals surface area contributed by atoms with Gasteiger partial charge in [0.25, 0.3) is 0 Å². The van der Waals surface area contributed by atoms with Gasteiger partial charge in [0, 0.05) is 16.7 Å². The Hall–Kier alpha value is -5.83. The molecule has 2 rings (SSSR count). The van der Waals surface area contributed by atoms with Gasteiger partial charge in [0.05, 0.1) is 3.58 Å². The predicted molar refractivity (Wildman–Crippen MR) is 183 cm³/mol. The molecule has 0 spiro atoms. The van der Waals surface area contributed by atoms with Crippen molar-refractivity contribution in [2.75, 3.05) is 0 Å². The Kier molecular flexibility index (Phi) is 15.7. The third-order valence-electron chi connectivity index (χ3n) is 5.19. The van der Waals surface area contributed by atoms with Gasteiger partial charge < -0.3 is 37.9 Å². The van der Waals surface area contributed by atoms with Gasteiger partial charge in [-0.1, -0.05) is 38.4 Å². The molecule has 48 heavy (non-hydrogen) atoms. The van der Waals surface area contributed by atoms with Crippen molar-refractivity contribution in [1.29, 1.82) is 0 Å². The summed E-state index contributed by atoms with van der Waals surface area (Å²) in [5, 5.41) is 0. The van der Waals surface area contributed by atoms with E-state index in [4.69, 9.17) is 37.9 Å². The average Bonchev–Trinajstić information content (AvgIpc) is 3.05. The van der Waals surface area contributed by atoms with Gasteiger partial charge in [-0.05, 0) is 78.8 Å². The lowest BCUT2D eigenvalue weighted by Crippen LogP contribution is -2.00. The van der Waals surface area contributed by atoms with E-state index >= 15 is 0 Å². The third kappa shape index (κ3) is 13.3. The molecule has 0 fully saturated rings. The Morgan fingerprint density at radius 3 is 1.06 bits per heavy atom. The molecule has 0 aliphatic heterocycles. The summed E-state index contributed by atoms with van der Waals surface area (Å²) in [5.41, 5.74) is 1.78. The van der Waals surface area contributed by atoms with Gasteiger partial charge >= 0.3 is 23.9 Å². The van der Waals surface area contributed by atoms with Crippen LogP contribution in [-0.2, 0) is 38.1 Å². The van der Waals surface area contributed by atoms with E-state index < -0.39 is 23.9 Å². The van der Waals surface area contributed by atoms with Gasteiger partial charge in [-0.3, -0.25) is 0 Å². The normalized spacial score (nSPS) is 10.8. The van der Waals surface area contributed by atoms with E-state index in [1.807, 2.05) is 0 Å². The summed E-state index contributed by atoms with van der Waals surface area (Å²) in [6.07, 6.45) is 8.61. The smallest absolute Gasteiger partial charge is 0.348 e. The summed E-state index contributed by atoms with van der Waals surface area (Å²) in [5.74, 6) is -1.85. The fraction of sp³-hybridized carbons (Fsp3) is 0.0857. The number of halogens is 1. The second-order valence-electron chi connectivity index (χ2n) is 9.25. The highest BCUT2D eigenvalue weighted by Crippen LogP contribution is 2.37. The zero-order chi connectivity index (χ0) is 35.6. The van der Waals surface area contributed by atoms with E-state index in [-0.39, 0.29) is 43.3 Å². The van der Waals surface area contributed by atoms with Crippen LogP contribution in [0.5, 0.6) is 23.0 Å². The minimum absolute atomic E-state index is 0.168. The molecule has 0 heterocycles. The maximum absolute atomic E-state index is 11.7. The molecule has 0 aromatic heterocycles. The molecule has 0 aliphatic carbocycles. The van der Waals surface area contributed by atoms with Crippen molar-refractivity contribution in [3.05, 3.63) is 133 Å². The number of rotatable bonds is 17. The van der Waals surface area contributed by atoms with E-state index in [2.05, 4.69) is 26.3 Å². The molecule has 0 aliphatic rings. The maximum atomic E-state index is 11.7. The second-order valence-corrected chi connectivity index (χ2v) is 10.6. The number of esters is 4. The summed E-state index contributed by atoms with van der Waals surface area (Å²) in [6, 6.07) is 9.75. The molecule has 0 amide bonds. The van der Waals surface area contributed by atoms with Gasteiger partial charge in [-0.2, -0.15) is 0 Å². The van der Waals surface area contributed by atoms with Crippen LogP contribution in [0, 0.1) is 0 Å². The topological polar surface area (TPSA) is 142 Å².